The lowest BCUT2D eigenvalue weighted by molar-refractivity contribution is -0.141. The molecule has 1 aromatic heterocycles. The molecule has 0 saturated heterocycles. The molecule has 2 atom stereocenters. The highest BCUT2D eigenvalue weighted by atomic mass is 19.4. The predicted octanol–water partition coefficient (Wildman–Crippen LogP) is 3.35. The molecule has 2 bridgehead atoms. The number of hydrogen-bond donors (Lipinski definition) is 0. The second-order valence-corrected chi connectivity index (χ2v) is 7.08. The number of ether oxygens (including phenoxy) is 3. The number of pyridine rings is 1. The fourth-order valence-electron chi connectivity index (χ4n) is 3.90. The van der Waals surface area contributed by atoms with Gasteiger partial charge in [-0.3, -0.25) is 9.59 Å². The van der Waals surface area contributed by atoms with Gasteiger partial charge in [-0.25, -0.2) is 4.98 Å². The number of nitrogens with zero attached hydrogens (tertiary/aromatic N) is 1. The number of carbonyl (C=O) groups excluding carboxylic acids is 2. The molecule has 29 heavy (non-hydrogen) atoms. The topological polar surface area (TPSA) is 74.7 Å². The van der Waals surface area contributed by atoms with E-state index in [1.54, 1.807) is 0 Å². The van der Waals surface area contributed by atoms with Gasteiger partial charge in [-0.05, 0) is 31.4 Å². The molecule has 0 aliphatic heterocycles. The molecule has 0 radical (unpaired) electrons. The summed E-state index contributed by atoms with van der Waals surface area (Å²) in [4.78, 5) is 29.6. The monoisotopic (exact) mass is 413 g/mol. The molecule has 2 aliphatic carbocycles. The van der Waals surface area contributed by atoms with Crippen molar-refractivity contribution in [2.75, 3.05) is 27.4 Å². The molecular formula is C20H22F3NO5. The van der Waals surface area contributed by atoms with Crippen molar-refractivity contribution >= 4 is 11.6 Å². The summed E-state index contributed by atoms with van der Waals surface area (Å²) in [7, 11) is 2.86. The van der Waals surface area contributed by atoms with E-state index in [2.05, 4.69) is 4.98 Å². The summed E-state index contributed by atoms with van der Waals surface area (Å²) < 4.78 is 54.8. The second-order valence-electron chi connectivity index (χ2n) is 7.08. The highest BCUT2D eigenvalue weighted by Gasteiger charge is 2.44. The summed E-state index contributed by atoms with van der Waals surface area (Å²) in [6.45, 7) is 0.0468. The van der Waals surface area contributed by atoms with Crippen LogP contribution in [0.3, 0.4) is 0 Å². The molecule has 9 heteroatoms. The van der Waals surface area contributed by atoms with Crippen molar-refractivity contribution in [2.45, 2.75) is 32.0 Å². The van der Waals surface area contributed by atoms with Crippen LogP contribution in [0.1, 0.15) is 41.0 Å². The van der Waals surface area contributed by atoms with Crippen molar-refractivity contribution in [1.29, 1.82) is 0 Å². The molecule has 2 unspecified atom stereocenters. The van der Waals surface area contributed by atoms with Crippen LogP contribution >= 0.6 is 0 Å². The number of halogens is 3. The summed E-state index contributed by atoms with van der Waals surface area (Å²) >= 11 is 0. The number of hydrogen-bond acceptors (Lipinski definition) is 6. The van der Waals surface area contributed by atoms with Crippen LogP contribution in [-0.4, -0.2) is 44.0 Å². The molecule has 1 heterocycles. The third-order valence-corrected chi connectivity index (χ3v) is 5.29. The third kappa shape index (κ3) is 4.35. The number of rotatable bonds is 8. The fourth-order valence-corrected chi connectivity index (χ4v) is 3.90. The molecule has 0 spiro atoms. The van der Waals surface area contributed by atoms with Gasteiger partial charge in [0.2, 0.25) is 5.78 Å². The van der Waals surface area contributed by atoms with Gasteiger partial charge in [0.05, 0.1) is 32.6 Å². The largest absolute Gasteiger partial charge is 0.500 e. The van der Waals surface area contributed by atoms with Gasteiger partial charge in [-0.15, -0.1) is 0 Å². The van der Waals surface area contributed by atoms with E-state index in [4.69, 9.17) is 14.2 Å². The predicted molar refractivity (Wildman–Crippen MR) is 95.0 cm³/mol. The maximum absolute atomic E-state index is 13.2. The van der Waals surface area contributed by atoms with Crippen molar-refractivity contribution in [1.82, 2.24) is 4.98 Å². The number of Topliss-reactive ketones (excluding diaryl/α,β-unsaturated/α-hetero) is 2. The van der Waals surface area contributed by atoms with Crippen molar-refractivity contribution in [3.8, 4) is 0 Å². The van der Waals surface area contributed by atoms with E-state index in [0.717, 1.165) is 18.6 Å². The van der Waals surface area contributed by atoms with E-state index in [9.17, 15) is 22.8 Å². The molecule has 1 fully saturated rings. The van der Waals surface area contributed by atoms with Crippen LogP contribution in [0.4, 0.5) is 13.2 Å². The maximum Gasteiger partial charge on any atom is 0.433 e. The number of carbonyl (C=O) groups is 2. The van der Waals surface area contributed by atoms with Crippen LogP contribution in [0.2, 0.25) is 0 Å². The summed E-state index contributed by atoms with van der Waals surface area (Å²) in [5, 5.41) is 0. The van der Waals surface area contributed by atoms with Gasteiger partial charge in [-0.1, -0.05) is 0 Å². The molecule has 1 saturated carbocycles. The molecule has 158 valence electrons. The van der Waals surface area contributed by atoms with Crippen LogP contribution in [0.15, 0.2) is 23.5 Å². The zero-order valence-corrected chi connectivity index (χ0v) is 16.2. The Kier molecular flexibility index (Phi) is 6.38. The number of fused-ring (bicyclic) bond motifs is 2. The average Bonchev–Trinajstić information content (AvgIpc) is 3.12. The minimum absolute atomic E-state index is 0.0227. The molecule has 0 amide bonds. The summed E-state index contributed by atoms with van der Waals surface area (Å²) in [6, 6.07) is 1.79. The van der Waals surface area contributed by atoms with E-state index >= 15 is 0 Å². The standard InChI is InChI=1S/C20H22F3NO5/c1-27-7-8-29-10-14-13(5-6-15(24-14)20(21,22)23)18(26)16-17(25)11-3-4-12(9-11)19(16)28-2/h5-6,11-12H,3-4,7-10H2,1-2H3. The summed E-state index contributed by atoms with van der Waals surface area (Å²) in [6.07, 6.45) is -2.61. The van der Waals surface area contributed by atoms with Crippen LogP contribution < -0.4 is 0 Å². The Morgan fingerprint density at radius 3 is 2.55 bits per heavy atom. The van der Waals surface area contributed by atoms with Crippen LogP contribution in [0.25, 0.3) is 0 Å². The van der Waals surface area contributed by atoms with E-state index in [0.29, 0.717) is 18.6 Å². The van der Waals surface area contributed by atoms with E-state index < -0.39 is 17.7 Å². The Labute approximate surface area is 166 Å². The Hall–Kier alpha value is -2.26. The zero-order chi connectivity index (χ0) is 21.2. The van der Waals surface area contributed by atoms with Crippen molar-refractivity contribution in [2.24, 2.45) is 11.8 Å². The lowest BCUT2D eigenvalue weighted by Crippen LogP contribution is -2.28. The van der Waals surface area contributed by atoms with Gasteiger partial charge in [0.25, 0.3) is 0 Å². The first-order valence-corrected chi connectivity index (χ1v) is 9.28. The zero-order valence-electron chi connectivity index (χ0n) is 16.2. The molecule has 0 aromatic carbocycles. The minimum Gasteiger partial charge on any atom is -0.500 e. The normalized spacial score (nSPS) is 21.6. The first-order valence-electron chi connectivity index (χ1n) is 9.28. The van der Waals surface area contributed by atoms with Crippen molar-refractivity contribution in [3.05, 3.63) is 40.4 Å². The lowest BCUT2D eigenvalue weighted by Gasteiger charge is -2.24. The second kappa shape index (κ2) is 8.62. The van der Waals surface area contributed by atoms with Gasteiger partial charge in [-0.2, -0.15) is 13.2 Å². The van der Waals surface area contributed by atoms with Gasteiger partial charge in [0.1, 0.15) is 17.0 Å². The maximum atomic E-state index is 13.2. The molecule has 2 aliphatic rings. The first kappa shape index (κ1) is 21.4. The number of allylic oxidation sites excluding steroid dienone is 2. The van der Waals surface area contributed by atoms with E-state index in [1.165, 1.54) is 14.2 Å². The quantitative estimate of drug-likeness (QED) is 0.370. The average molecular weight is 413 g/mol. The lowest BCUT2D eigenvalue weighted by atomic mass is 9.83. The minimum atomic E-state index is -4.67. The molecular weight excluding hydrogens is 391 g/mol. The Morgan fingerprint density at radius 1 is 1.17 bits per heavy atom. The van der Waals surface area contributed by atoms with Crippen LogP contribution in [0, 0.1) is 11.8 Å². The molecule has 1 aromatic rings. The molecule has 3 rings (SSSR count). The molecule has 0 N–H and O–H groups in total. The molecule has 6 nitrogen and oxygen atoms in total. The van der Waals surface area contributed by atoms with Crippen molar-refractivity contribution in [3.63, 3.8) is 0 Å². The highest BCUT2D eigenvalue weighted by Crippen LogP contribution is 2.44. The van der Waals surface area contributed by atoms with Gasteiger partial charge in [0, 0.05) is 24.5 Å². The summed E-state index contributed by atoms with van der Waals surface area (Å²) in [5.41, 5.74) is -1.47. The van der Waals surface area contributed by atoms with Crippen LogP contribution in [-0.2, 0) is 31.8 Å². The van der Waals surface area contributed by atoms with Gasteiger partial charge < -0.3 is 14.2 Å². The number of methoxy groups -OCH3 is 2. The Bertz CT molecular complexity index is 834. The smallest absolute Gasteiger partial charge is 0.433 e. The van der Waals surface area contributed by atoms with Gasteiger partial charge in [0.15, 0.2) is 5.78 Å². The Morgan fingerprint density at radius 2 is 1.90 bits per heavy atom. The van der Waals surface area contributed by atoms with Gasteiger partial charge >= 0.3 is 6.18 Å². The van der Waals surface area contributed by atoms with Crippen LogP contribution in [0.5, 0.6) is 0 Å². The Balaban J connectivity index is 1.99. The van der Waals surface area contributed by atoms with E-state index in [1.807, 2.05) is 0 Å². The number of aromatic nitrogens is 1. The van der Waals surface area contributed by atoms with E-state index in [-0.39, 0.29) is 54.3 Å². The SMILES string of the molecule is COCCOCc1nc(C(F)(F)F)ccc1C(=O)C1=C(OC)C2CCC(C2)C1=O. The fraction of sp³-hybridized carbons (Fsp3) is 0.550. The number of alkyl halides is 3. The summed E-state index contributed by atoms with van der Waals surface area (Å²) in [5.74, 6) is -0.936. The first-order chi connectivity index (χ1) is 13.8. The number of ketones is 2. The highest BCUT2D eigenvalue weighted by molar-refractivity contribution is 6.28. The van der Waals surface area contributed by atoms with Crippen molar-refractivity contribution < 1.29 is 37.0 Å². The third-order valence-electron chi connectivity index (χ3n) is 5.29.